The van der Waals surface area contributed by atoms with Gasteiger partial charge < -0.3 is 38.8 Å². The molecule has 5 rings (SSSR count). The molecule has 3 fully saturated rings. The summed E-state index contributed by atoms with van der Waals surface area (Å²) >= 11 is 0. The summed E-state index contributed by atoms with van der Waals surface area (Å²) in [5.74, 6) is -7.92. The monoisotopic (exact) mass is 966 g/mol. The number of ketones is 3. The van der Waals surface area contributed by atoms with E-state index in [1.165, 1.54) is 12.0 Å². The van der Waals surface area contributed by atoms with E-state index in [1.807, 2.05) is 58.1 Å². The Kier molecular flexibility index (Phi) is 20.8. The number of Topliss-reactive ketones (excluding diaryl/α,β-unsaturated/α-hetero) is 3. The fourth-order valence-electron chi connectivity index (χ4n) is 10.7. The molecule has 1 saturated carbocycles. The number of ether oxygens (including phenoxy) is 5. The third-order valence-corrected chi connectivity index (χ3v) is 15.2. The van der Waals surface area contributed by atoms with Crippen LogP contribution in [0.2, 0.25) is 0 Å². The summed E-state index contributed by atoms with van der Waals surface area (Å²) in [6, 6.07) is -1.19. The average Bonchev–Trinajstić information content (AvgIpc) is 3.88. The molecule has 1 aromatic heterocycles. The number of allylic oxidation sites excluding steroid dienone is 6. The van der Waals surface area contributed by atoms with Gasteiger partial charge in [0.2, 0.25) is 5.79 Å². The minimum Gasteiger partial charge on any atom is -0.460 e. The Bertz CT molecular complexity index is 2020. The number of methoxy groups -OCH3 is 3. The number of aliphatic hydroxyl groups excluding tert-OH is 1. The summed E-state index contributed by atoms with van der Waals surface area (Å²) in [5.41, 5.74) is 1.27. The summed E-state index contributed by atoms with van der Waals surface area (Å²) in [4.78, 5) is 72.3. The quantitative estimate of drug-likeness (QED) is 0.181. The number of cyclic esters (lactones) is 1. The number of rotatable bonds is 7. The molecular weight excluding hydrogens is 887 g/mol. The van der Waals surface area contributed by atoms with E-state index in [0.717, 1.165) is 18.4 Å². The van der Waals surface area contributed by atoms with Crippen LogP contribution in [0.4, 0.5) is 0 Å². The number of tetrazole rings is 1. The summed E-state index contributed by atoms with van der Waals surface area (Å²) in [5, 5.41) is 35.2. The molecule has 1 amide bonds. The zero-order valence-electron chi connectivity index (χ0n) is 42.5. The number of nitrogens with zero attached hydrogens (tertiary/aromatic N) is 5. The number of aromatic nitrogens is 4. The van der Waals surface area contributed by atoms with Gasteiger partial charge in [0.15, 0.2) is 5.78 Å². The number of amides is 1. The third-order valence-electron chi connectivity index (χ3n) is 15.2. The molecule has 0 aromatic carbocycles. The van der Waals surface area contributed by atoms with Gasteiger partial charge in [0, 0.05) is 58.5 Å². The summed E-state index contributed by atoms with van der Waals surface area (Å²) in [7, 11) is 4.62. The second-order valence-electron chi connectivity index (χ2n) is 20.4. The molecule has 0 radical (unpaired) electrons. The molecule has 5 unspecified atom stereocenters. The zero-order valence-corrected chi connectivity index (χ0v) is 42.5. The van der Waals surface area contributed by atoms with Crippen LogP contribution in [-0.4, -0.2) is 141 Å². The van der Waals surface area contributed by atoms with E-state index >= 15 is 0 Å². The second-order valence-corrected chi connectivity index (χ2v) is 20.4. The Morgan fingerprint density at radius 2 is 1.64 bits per heavy atom. The van der Waals surface area contributed by atoms with E-state index in [9.17, 15) is 34.2 Å². The van der Waals surface area contributed by atoms with Crippen LogP contribution < -0.4 is 0 Å². The van der Waals surface area contributed by atoms with Gasteiger partial charge in [-0.3, -0.25) is 19.2 Å². The van der Waals surface area contributed by atoms with Crippen LogP contribution in [-0.2, 0) is 47.7 Å². The van der Waals surface area contributed by atoms with Gasteiger partial charge in [-0.25, -0.2) is 9.48 Å². The van der Waals surface area contributed by atoms with Gasteiger partial charge in [-0.2, -0.15) is 0 Å². The van der Waals surface area contributed by atoms with Crippen molar-refractivity contribution in [2.75, 3.05) is 27.9 Å². The van der Waals surface area contributed by atoms with Gasteiger partial charge in [-0.15, -0.1) is 5.10 Å². The molecule has 2 saturated heterocycles. The highest BCUT2D eigenvalue weighted by Gasteiger charge is 2.53. The lowest BCUT2D eigenvalue weighted by Crippen LogP contribution is -2.61. The highest BCUT2D eigenvalue weighted by atomic mass is 16.6. The molecule has 3 aliphatic heterocycles. The SMILES string of the molecule is COC1C(=O)C(C)C[C@H](C)/C=C/C=C/C=C(\C)[C@@H](OC)C[C@@H]2CC[C@@H](C)[C@@](O)(O2)C(=O)C(=O)N2CCCC[C@H]2C(=O)OC([C@H](C)CC2CC[C@H](n3cnnn3)C(OC)C2)CC(=O)[C@H](C)/C=C(\C)[C@H]1O. The normalized spacial score (nSPS) is 38.8. The molecule has 4 heterocycles. The van der Waals surface area contributed by atoms with Crippen LogP contribution >= 0.6 is 0 Å². The van der Waals surface area contributed by atoms with Crippen molar-refractivity contribution >= 4 is 29.2 Å². The molecule has 1 aromatic rings. The van der Waals surface area contributed by atoms with Crippen molar-refractivity contribution in [3.05, 3.63) is 53.9 Å². The average molecular weight is 966 g/mol. The predicted molar refractivity (Wildman–Crippen MR) is 256 cm³/mol. The lowest BCUT2D eigenvalue weighted by molar-refractivity contribution is -0.265. The number of carbonyl (C=O) groups is 5. The van der Waals surface area contributed by atoms with Crippen LogP contribution in [0.25, 0.3) is 0 Å². The standard InChI is InChI=1S/C52H79N5O12/c1-31-16-12-11-13-17-32(2)43(65-8)28-39-21-19-37(7)52(64,69-39)49(61)50(62)56-23-15-14-18-41(56)51(63)68-44(34(4)26-38-20-22-40(45(27-38)66-9)57-30-53-54-55-57)29-42(58)33(3)25-36(6)47(60)48(67-10)46(59)35(5)24-31/h11-13,16-17,25,30-31,33-35,37-41,43-45,47-48,60,64H,14-15,18-24,26-29H2,1-10H3/b13-11+,16-12+,32-17+,36-25+/t31-,33-,34-,35?,37-,38?,39+,40+,41+,43+,44?,45?,47-,48?,52-/m1/s1. The van der Waals surface area contributed by atoms with Crippen molar-refractivity contribution in [3.8, 4) is 0 Å². The molecule has 4 aliphatic rings. The number of carbonyl (C=O) groups excluding carboxylic acids is 5. The summed E-state index contributed by atoms with van der Waals surface area (Å²) < 4.78 is 31.6. The number of hydrogen-bond donors (Lipinski definition) is 2. The van der Waals surface area contributed by atoms with Gasteiger partial charge in [0.25, 0.3) is 11.7 Å². The van der Waals surface area contributed by atoms with E-state index in [4.69, 9.17) is 23.7 Å². The first-order valence-electron chi connectivity index (χ1n) is 25.0. The Labute approximate surface area is 408 Å². The Morgan fingerprint density at radius 3 is 2.32 bits per heavy atom. The fourth-order valence-corrected chi connectivity index (χ4v) is 10.7. The second kappa shape index (κ2) is 25.7. The lowest BCUT2D eigenvalue weighted by atomic mass is 9.77. The van der Waals surface area contributed by atoms with E-state index in [1.54, 1.807) is 52.1 Å². The van der Waals surface area contributed by atoms with Gasteiger partial charge in [0.1, 0.15) is 36.5 Å². The van der Waals surface area contributed by atoms with E-state index in [2.05, 4.69) is 15.5 Å². The maximum atomic E-state index is 14.5. The maximum absolute atomic E-state index is 14.5. The van der Waals surface area contributed by atoms with Gasteiger partial charge in [0.05, 0.1) is 24.4 Å². The molecule has 2 bridgehead atoms. The first-order valence-corrected chi connectivity index (χ1v) is 25.0. The van der Waals surface area contributed by atoms with Crippen molar-refractivity contribution in [1.29, 1.82) is 0 Å². The van der Waals surface area contributed by atoms with Crippen LogP contribution in [0.3, 0.4) is 0 Å². The Balaban J connectivity index is 1.46. The van der Waals surface area contributed by atoms with Crippen molar-refractivity contribution in [1.82, 2.24) is 25.1 Å². The number of piperidine rings is 1. The lowest BCUT2D eigenvalue weighted by Gasteiger charge is -2.42. The van der Waals surface area contributed by atoms with Crippen molar-refractivity contribution in [2.45, 2.75) is 180 Å². The molecule has 17 heteroatoms. The van der Waals surface area contributed by atoms with Gasteiger partial charge in [-0.1, -0.05) is 71.1 Å². The van der Waals surface area contributed by atoms with Crippen molar-refractivity contribution < 1.29 is 57.9 Å². The highest BCUT2D eigenvalue weighted by Crippen LogP contribution is 2.39. The van der Waals surface area contributed by atoms with E-state index in [0.29, 0.717) is 56.9 Å². The van der Waals surface area contributed by atoms with Gasteiger partial charge >= 0.3 is 5.97 Å². The molecule has 15 atom stereocenters. The minimum absolute atomic E-state index is 0.0170. The minimum atomic E-state index is -2.43. The highest BCUT2D eigenvalue weighted by molar-refractivity contribution is 6.39. The zero-order chi connectivity index (χ0) is 50.6. The first kappa shape index (κ1) is 55.7. The topological polar surface area (TPSA) is 219 Å². The molecule has 384 valence electrons. The first-order chi connectivity index (χ1) is 32.8. The number of hydrogen-bond acceptors (Lipinski definition) is 15. The number of fused-ring (bicyclic) bond motifs is 3. The third kappa shape index (κ3) is 14.2. The Hall–Kier alpha value is -4.26. The molecule has 17 nitrogen and oxygen atoms in total. The van der Waals surface area contributed by atoms with Crippen LogP contribution in [0, 0.1) is 35.5 Å². The summed E-state index contributed by atoms with van der Waals surface area (Å²) in [6.07, 6.45) is 13.9. The largest absolute Gasteiger partial charge is 0.460 e. The molecule has 69 heavy (non-hydrogen) atoms. The number of aliphatic hydroxyl groups is 2. The molecule has 1 aliphatic carbocycles. The predicted octanol–water partition coefficient (Wildman–Crippen LogP) is 6.05. The maximum Gasteiger partial charge on any atom is 0.329 e. The van der Waals surface area contributed by atoms with Crippen LogP contribution in [0.15, 0.2) is 53.9 Å². The Morgan fingerprint density at radius 1 is 0.884 bits per heavy atom. The molecular formula is C52H79N5O12. The fraction of sp³-hybridized carbons (Fsp3) is 0.731. The van der Waals surface area contributed by atoms with Crippen molar-refractivity contribution in [2.24, 2.45) is 35.5 Å². The van der Waals surface area contributed by atoms with Crippen LogP contribution in [0.1, 0.15) is 132 Å². The number of esters is 1. The molecule has 2 N–H and O–H groups in total. The summed E-state index contributed by atoms with van der Waals surface area (Å²) in [6.45, 7) is 12.8. The van der Waals surface area contributed by atoms with E-state index < -0.39 is 77.8 Å². The van der Waals surface area contributed by atoms with Crippen molar-refractivity contribution in [3.63, 3.8) is 0 Å². The van der Waals surface area contributed by atoms with Crippen LogP contribution in [0.5, 0.6) is 0 Å². The molecule has 0 spiro atoms. The van der Waals surface area contributed by atoms with Gasteiger partial charge in [-0.05, 0) is 117 Å². The van der Waals surface area contributed by atoms with E-state index in [-0.39, 0.29) is 60.9 Å². The smallest absolute Gasteiger partial charge is 0.329 e.